The van der Waals surface area contributed by atoms with Gasteiger partial charge < -0.3 is 10.5 Å². The third kappa shape index (κ3) is 3.52. The number of nitrogens with zero attached hydrogens (tertiary/aromatic N) is 4. The van der Waals surface area contributed by atoms with E-state index in [0.29, 0.717) is 23.8 Å². The fourth-order valence-corrected chi connectivity index (χ4v) is 1.72. The summed E-state index contributed by atoms with van der Waals surface area (Å²) in [5.41, 5.74) is 6.35. The Morgan fingerprint density at radius 1 is 1.61 bits per heavy atom. The van der Waals surface area contributed by atoms with Crippen LogP contribution in [-0.4, -0.2) is 41.6 Å². The molecule has 0 radical (unpaired) electrons. The summed E-state index contributed by atoms with van der Waals surface area (Å²) in [6.45, 7) is 2.13. The van der Waals surface area contributed by atoms with Crippen molar-refractivity contribution in [1.82, 2.24) is 15.0 Å². The lowest BCUT2D eigenvalue weighted by atomic mass is 10.1. The molecule has 7 nitrogen and oxygen atoms in total. The lowest BCUT2D eigenvalue weighted by molar-refractivity contribution is 0.233. The summed E-state index contributed by atoms with van der Waals surface area (Å²) >= 11 is 5.99. The van der Waals surface area contributed by atoms with E-state index in [1.165, 1.54) is 11.3 Å². The van der Waals surface area contributed by atoms with Gasteiger partial charge in [-0.15, -0.1) is 0 Å². The Bertz CT molecular complexity index is 416. The van der Waals surface area contributed by atoms with Crippen molar-refractivity contribution in [3.63, 3.8) is 0 Å². The summed E-state index contributed by atoms with van der Waals surface area (Å²) in [7, 11) is 3.24. The molecule has 0 aromatic carbocycles. The average Bonchev–Trinajstić information content (AvgIpc) is 2.28. The highest BCUT2D eigenvalue weighted by atomic mass is 35.5. The Balaban J connectivity index is 3.06. The number of halogens is 1. The third-order valence-electron chi connectivity index (χ3n) is 2.31. The zero-order chi connectivity index (χ0) is 13.7. The molecule has 18 heavy (non-hydrogen) atoms. The van der Waals surface area contributed by atoms with Gasteiger partial charge in [0.25, 0.3) is 0 Å². The largest absolute Gasteiger partial charge is 0.383 e. The second-order valence-electron chi connectivity index (χ2n) is 3.73. The number of aliphatic imine (C=N–C) groups is 1. The minimum absolute atomic E-state index is 0.287. The number of ether oxygens (including phenoxy) is 1. The van der Waals surface area contributed by atoms with E-state index in [1.807, 2.05) is 6.92 Å². The van der Waals surface area contributed by atoms with E-state index < -0.39 is 0 Å². The van der Waals surface area contributed by atoms with Crippen molar-refractivity contribution in [2.75, 3.05) is 26.5 Å². The fourth-order valence-electron chi connectivity index (χ4n) is 1.42. The molecule has 0 aliphatic heterocycles. The molecule has 1 unspecified atom stereocenters. The Kier molecular flexibility index (Phi) is 5.26. The number of hydrogen-bond donors (Lipinski definition) is 2. The number of nitrogen functional groups attached to an aromatic ring is 1. The Labute approximate surface area is 111 Å². The number of methoxy groups -OCH3 is 1. The highest BCUT2D eigenvalue weighted by Crippen LogP contribution is 2.27. The molecule has 1 atom stereocenters. The molecule has 1 aromatic heterocycles. The number of nitrogens with two attached hydrogens (primary N) is 2. The topological polar surface area (TPSA) is 103 Å². The maximum absolute atomic E-state index is 5.99. The van der Waals surface area contributed by atoms with Gasteiger partial charge in [-0.25, -0.2) is 15.8 Å². The highest BCUT2D eigenvalue weighted by Gasteiger charge is 2.16. The molecule has 0 fully saturated rings. The molecule has 0 amide bonds. The predicted octanol–water partition coefficient (Wildman–Crippen LogP) is 0.624. The van der Waals surface area contributed by atoms with Crippen LogP contribution in [0.1, 0.15) is 18.5 Å². The number of rotatable bonds is 4. The number of amidine groups is 1. The lowest BCUT2D eigenvalue weighted by Gasteiger charge is -2.18. The van der Waals surface area contributed by atoms with Crippen LogP contribution in [0, 0.1) is 0 Å². The van der Waals surface area contributed by atoms with Crippen LogP contribution in [0.2, 0.25) is 5.15 Å². The Hall–Kier alpha value is -1.44. The van der Waals surface area contributed by atoms with Crippen LogP contribution in [0.3, 0.4) is 0 Å². The van der Waals surface area contributed by atoms with E-state index in [2.05, 4.69) is 15.0 Å². The molecule has 0 bridgehead atoms. The van der Waals surface area contributed by atoms with E-state index in [0.717, 1.165) is 0 Å². The standard InChI is InChI=1S/C10H17ClN6O/c1-6(16-7(4-18-3)17(2)13)8-9(11)14-5-15-10(8)12/h5-6H,4,13H2,1-3H3,(H2,12,14,15). The third-order valence-corrected chi connectivity index (χ3v) is 2.61. The summed E-state index contributed by atoms with van der Waals surface area (Å²) in [4.78, 5) is 12.2. The molecule has 8 heteroatoms. The van der Waals surface area contributed by atoms with E-state index in [-0.39, 0.29) is 11.2 Å². The maximum atomic E-state index is 5.99. The van der Waals surface area contributed by atoms with Gasteiger partial charge in [0.1, 0.15) is 29.7 Å². The summed E-state index contributed by atoms with van der Waals surface area (Å²) in [6, 6.07) is -0.310. The van der Waals surface area contributed by atoms with Gasteiger partial charge in [0.2, 0.25) is 0 Å². The summed E-state index contributed by atoms with van der Waals surface area (Å²) in [6.07, 6.45) is 1.31. The number of likely N-dealkylation sites (N-methyl/N-ethyl adjacent to an activating group) is 1. The van der Waals surface area contributed by atoms with Crippen molar-refractivity contribution >= 4 is 23.3 Å². The van der Waals surface area contributed by atoms with Gasteiger partial charge in [-0.2, -0.15) is 0 Å². The normalized spacial score (nSPS) is 13.5. The van der Waals surface area contributed by atoms with Gasteiger partial charge in [-0.05, 0) is 6.92 Å². The molecule has 1 rings (SSSR count). The molecule has 0 spiro atoms. The molecule has 4 N–H and O–H groups in total. The van der Waals surface area contributed by atoms with Crippen LogP contribution in [0.4, 0.5) is 5.82 Å². The second kappa shape index (κ2) is 6.48. The quantitative estimate of drug-likeness (QED) is 0.274. The van der Waals surface area contributed by atoms with Crippen LogP contribution in [0.25, 0.3) is 0 Å². The minimum Gasteiger partial charge on any atom is -0.383 e. The molecule has 0 aliphatic rings. The van der Waals surface area contributed by atoms with Gasteiger partial charge in [0.05, 0.1) is 11.6 Å². The van der Waals surface area contributed by atoms with Gasteiger partial charge >= 0.3 is 0 Å². The zero-order valence-corrected chi connectivity index (χ0v) is 11.3. The highest BCUT2D eigenvalue weighted by molar-refractivity contribution is 6.30. The van der Waals surface area contributed by atoms with Crippen LogP contribution in [0.5, 0.6) is 0 Å². The monoisotopic (exact) mass is 272 g/mol. The Morgan fingerprint density at radius 2 is 2.28 bits per heavy atom. The molecule has 0 aliphatic carbocycles. The van der Waals surface area contributed by atoms with E-state index in [1.54, 1.807) is 14.2 Å². The van der Waals surface area contributed by atoms with Gasteiger partial charge in [0, 0.05) is 14.2 Å². The first kappa shape index (κ1) is 14.6. The molecule has 100 valence electrons. The second-order valence-corrected chi connectivity index (χ2v) is 4.09. The number of aromatic nitrogens is 2. The summed E-state index contributed by atoms with van der Waals surface area (Å²) < 4.78 is 5.01. The summed E-state index contributed by atoms with van der Waals surface area (Å²) in [5, 5.41) is 1.67. The SMILES string of the molecule is COCC(=NC(C)c1c(N)ncnc1Cl)N(C)N. The van der Waals surface area contributed by atoms with Crippen molar-refractivity contribution in [3.05, 3.63) is 17.0 Å². The molecule has 1 aromatic rings. The van der Waals surface area contributed by atoms with Gasteiger partial charge in [-0.1, -0.05) is 11.6 Å². The van der Waals surface area contributed by atoms with Gasteiger partial charge in [-0.3, -0.25) is 10.0 Å². The first-order chi connectivity index (χ1) is 8.47. The van der Waals surface area contributed by atoms with Crippen LogP contribution in [0.15, 0.2) is 11.3 Å². The van der Waals surface area contributed by atoms with Crippen molar-refractivity contribution in [2.24, 2.45) is 10.8 Å². The first-order valence-electron chi connectivity index (χ1n) is 5.27. The average molecular weight is 273 g/mol. The smallest absolute Gasteiger partial charge is 0.140 e. The zero-order valence-electron chi connectivity index (χ0n) is 10.6. The van der Waals surface area contributed by atoms with Crippen molar-refractivity contribution in [3.8, 4) is 0 Å². The summed E-state index contributed by atoms with van der Waals surface area (Å²) in [5.74, 6) is 6.53. The van der Waals surface area contributed by atoms with Crippen molar-refractivity contribution in [2.45, 2.75) is 13.0 Å². The van der Waals surface area contributed by atoms with Crippen molar-refractivity contribution in [1.29, 1.82) is 0 Å². The Morgan fingerprint density at radius 3 is 2.78 bits per heavy atom. The predicted molar refractivity (Wildman–Crippen MR) is 71.1 cm³/mol. The molecule has 0 saturated heterocycles. The van der Waals surface area contributed by atoms with Crippen LogP contribution >= 0.6 is 11.6 Å². The maximum Gasteiger partial charge on any atom is 0.140 e. The van der Waals surface area contributed by atoms with Gasteiger partial charge in [0.15, 0.2) is 0 Å². The molecular weight excluding hydrogens is 256 g/mol. The van der Waals surface area contributed by atoms with E-state index >= 15 is 0 Å². The van der Waals surface area contributed by atoms with Crippen LogP contribution in [-0.2, 0) is 4.74 Å². The number of hydrazine groups is 1. The van der Waals surface area contributed by atoms with E-state index in [4.69, 9.17) is 27.9 Å². The molecular formula is C10H17ClN6O. The molecule has 1 heterocycles. The number of hydrogen-bond acceptors (Lipinski definition) is 6. The lowest BCUT2D eigenvalue weighted by Crippen LogP contribution is -2.36. The van der Waals surface area contributed by atoms with Crippen LogP contribution < -0.4 is 11.6 Å². The first-order valence-corrected chi connectivity index (χ1v) is 5.65. The fraction of sp³-hybridized carbons (Fsp3) is 0.500. The minimum atomic E-state index is -0.310. The van der Waals surface area contributed by atoms with E-state index in [9.17, 15) is 0 Å². The molecule has 0 saturated carbocycles. The van der Waals surface area contributed by atoms with Crippen molar-refractivity contribution < 1.29 is 4.74 Å². The number of anilines is 1.